The van der Waals surface area contributed by atoms with Gasteiger partial charge in [-0.25, -0.2) is 13.6 Å². The maximum atomic E-state index is 12.4. The van der Waals surface area contributed by atoms with Crippen molar-refractivity contribution < 1.29 is 18.3 Å². The number of rotatable bonds is 6. The van der Waals surface area contributed by atoms with E-state index in [-0.39, 0.29) is 28.6 Å². The Bertz CT molecular complexity index is 641. The predicted molar refractivity (Wildman–Crippen MR) is 85.0 cm³/mol. The van der Waals surface area contributed by atoms with E-state index in [9.17, 15) is 18.3 Å². The van der Waals surface area contributed by atoms with E-state index in [0.717, 1.165) is 30.6 Å². The maximum Gasteiger partial charge on any atom is 0.247 e. The van der Waals surface area contributed by atoms with Gasteiger partial charge in [0.2, 0.25) is 15.9 Å². The monoisotopic (exact) mass is 346 g/mol. The van der Waals surface area contributed by atoms with Crippen molar-refractivity contribution in [2.24, 2.45) is 10.6 Å². The van der Waals surface area contributed by atoms with Crippen molar-refractivity contribution >= 4 is 27.3 Å². The van der Waals surface area contributed by atoms with Gasteiger partial charge in [0.1, 0.15) is 4.21 Å². The van der Waals surface area contributed by atoms with Gasteiger partial charge in [-0.3, -0.25) is 4.79 Å². The lowest BCUT2D eigenvalue weighted by atomic mass is 9.83. The quantitative estimate of drug-likeness (QED) is 0.801. The van der Waals surface area contributed by atoms with Gasteiger partial charge in [-0.05, 0) is 25.0 Å². The Balaban J connectivity index is 2.00. The topological polar surface area (TPSA) is 101 Å². The van der Waals surface area contributed by atoms with Gasteiger partial charge >= 0.3 is 0 Å². The molecular weight excluding hydrogens is 324 g/mol. The maximum absolute atomic E-state index is 12.4. The Kier molecular flexibility index (Phi) is 5.26. The summed E-state index contributed by atoms with van der Waals surface area (Å²) in [6.45, 7) is 3.39. The van der Waals surface area contributed by atoms with Gasteiger partial charge < -0.3 is 10.0 Å². The molecule has 1 saturated heterocycles. The van der Waals surface area contributed by atoms with Gasteiger partial charge in [-0.2, -0.15) is 0 Å². The Morgan fingerprint density at radius 3 is 2.77 bits per heavy atom. The van der Waals surface area contributed by atoms with Crippen LogP contribution in [0.3, 0.4) is 0 Å². The number of aliphatic hydroxyl groups is 1. The van der Waals surface area contributed by atoms with Gasteiger partial charge in [0, 0.05) is 23.4 Å². The number of hydrogen-bond acceptors (Lipinski definition) is 5. The standard InChI is InChI=1S/C14H22N2O4S2/c1-2-5-14(10-17)6-7-16(9-14)12(18)8-11-3-4-13(21-11)22(15,19)20/h3-4,17H,2,5-10H2,1H3,(H2,15,19,20). The van der Waals surface area contributed by atoms with Crippen LogP contribution in [-0.2, 0) is 21.2 Å². The van der Waals surface area contributed by atoms with E-state index >= 15 is 0 Å². The van der Waals surface area contributed by atoms with Crippen LogP contribution in [0.4, 0.5) is 0 Å². The van der Waals surface area contributed by atoms with E-state index in [4.69, 9.17) is 5.14 Å². The van der Waals surface area contributed by atoms with Gasteiger partial charge in [0.15, 0.2) is 0 Å². The minimum Gasteiger partial charge on any atom is -0.396 e. The summed E-state index contributed by atoms with van der Waals surface area (Å²) in [5.74, 6) is -0.0331. The summed E-state index contributed by atoms with van der Waals surface area (Å²) in [5, 5.41) is 14.7. The third-order valence-electron chi connectivity index (χ3n) is 4.15. The Labute approximate surface area is 135 Å². The molecule has 1 atom stereocenters. The van der Waals surface area contributed by atoms with Crippen molar-refractivity contribution in [3.8, 4) is 0 Å². The molecule has 0 aromatic carbocycles. The fourth-order valence-corrected chi connectivity index (χ4v) is 4.73. The fourth-order valence-electron chi connectivity index (χ4n) is 2.96. The third kappa shape index (κ3) is 3.87. The fraction of sp³-hybridized carbons (Fsp3) is 0.643. The molecule has 22 heavy (non-hydrogen) atoms. The molecule has 0 bridgehead atoms. The largest absolute Gasteiger partial charge is 0.396 e. The van der Waals surface area contributed by atoms with E-state index in [1.807, 2.05) is 0 Å². The van der Waals surface area contributed by atoms with Gasteiger partial charge in [-0.1, -0.05) is 13.3 Å². The molecule has 124 valence electrons. The molecule has 0 spiro atoms. The molecule has 0 saturated carbocycles. The molecule has 1 aromatic rings. The summed E-state index contributed by atoms with van der Waals surface area (Å²) >= 11 is 1.03. The number of nitrogens with two attached hydrogens (primary N) is 1. The molecule has 0 aliphatic carbocycles. The highest BCUT2D eigenvalue weighted by atomic mass is 32.2. The van der Waals surface area contributed by atoms with Crippen molar-refractivity contribution in [2.75, 3.05) is 19.7 Å². The molecule has 1 unspecified atom stereocenters. The second kappa shape index (κ2) is 6.66. The first kappa shape index (κ1) is 17.4. The molecule has 0 radical (unpaired) electrons. The number of sulfonamides is 1. The highest BCUT2D eigenvalue weighted by Gasteiger charge is 2.38. The van der Waals surface area contributed by atoms with Gasteiger partial charge in [0.25, 0.3) is 0 Å². The van der Waals surface area contributed by atoms with E-state index in [0.29, 0.717) is 18.0 Å². The lowest BCUT2D eigenvalue weighted by Crippen LogP contribution is -2.34. The minimum atomic E-state index is -3.71. The van der Waals surface area contributed by atoms with E-state index < -0.39 is 10.0 Å². The summed E-state index contributed by atoms with van der Waals surface area (Å²) < 4.78 is 22.6. The Morgan fingerprint density at radius 1 is 1.50 bits per heavy atom. The third-order valence-corrected chi connectivity index (χ3v) is 6.67. The van der Waals surface area contributed by atoms with Crippen molar-refractivity contribution in [3.05, 3.63) is 17.0 Å². The van der Waals surface area contributed by atoms with Crippen molar-refractivity contribution in [3.63, 3.8) is 0 Å². The summed E-state index contributed by atoms with van der Waals surface area (Å²) in [6, 6.07) is 3.06. The number of likely N-dealkylation sites (tertiary alicyclic amines) is 1. The highest BCUT2D eigenvalue weighted by Crippen LogP contribution is 2.35. The smallest absolute Gasteiger partial charge is 0.247 e. The lowest BCUT2D eigenvalue weighted by Gasteiger charge is -2.26. The normalized spacial score (nSPS) is 22.2. The Morgan fingerprint density at radius 2 is 2.23 bits per heavy atom. The summed E-state index contributed by atoms with van der Waals surface area (Å²) in [5.41, 5.74) is -0.175. The molecular formula is C14H22N2O4S2. The van der Waals surface area contributed by atoms with Crippen LogP contribution in [0.5, 0.6) is 0 Å². The van der Waals surface area contributed by atoms with E-state index in [1.165, 1.54) is 6.07 Å². The average Bonchev–Trinajstić information content (AvgIpc) is 3.06. The molecule has 3 N–H and O–H groups in total. The van der Waals surface area contributed by atoms with E-state index in [1.54, 1.807) is 11.0 Å². The Hall–Kier alpha value is -0.960. The zero-order valence-electron chi connectivity index (χ0n) is 12.6. The van der Waals surface area contributed by atoms with Crippen LogP contribution in [0.2, 0.25) is 0 Å². The van der Waals surface area contributed by atoms with Crippen molar-refractivity contribution in [1.82, 2.24) is 4.90 Å². The molecule has 1 aromatic heterocycles. The molecule has 2 heterocycles. The number of hydrogen-bond donors (Lipinski definition) is 2. The zero-order valence-corrected chi connectivity index (χ0v) is 14.3. The first-order valence-corrected chi connectivity index (χ1v) is 9.66. The summed E-state index contributed by atoms with van der Waals surface area (Å²) in [7, 11) is -3.71. The first-order valence-electron chi connectivity index (χ1n) is 7.30. The van der Waals surface area contributed by atoms with Crippen LogP contribution < -0.4 is 5.14 Å². The zero-order chi connectivity index (χ0) is 16.4. The molecule has 1 aliphatic heterocycles. The predicted octanol–water partition coefficient (Wildman–Crippen LogP) is 0.949. The van der Waals surface area contributed by atoms with Crippen LogP contribution in [0.25, 0.3) is 0 Å². The van der Waals surface area contributed by atoms with Crippen LogP contribution in [0.1, 0.15) is 31.1 Å². The average molecular weight is 346 g/mol. The van der Waals surface area contributed by atoms with Crippen LogP contribution in [0, 0.1) is 5.41 Å². The van der Waals surface area contributed by atoms with Gasteiger partial charge in [-0.15, -0.1) is 11.3 Å². The lowest BCUT2D eigenvalue weighted by molar-refractivity contribution is -0.129. The first-order chi connectivity index (χ1) is 10.3. The minimum absolute atomic E-state index is 0.0331. The molecule has 2 rings (SSSR count). The molecule has 1 aliphatic rings. The number of aliphatic hydroxyl groups excluding tert-OH is 1. The highest BCUT2D eigenvalue weighted by molar-refractivity contribution is 7.91. The molecule has 6 nitrogen and oxygen atoms in total. The number of nitrogens with zero attached hydrogens (tertiary/aromatic N) is 1. The number of thiophene rings is 1. The number of carbonyl (C=O) groups excluding carboxylic acids is 1. The second-order valence-corrected chi connectivity index (χ2v) is 8.87. The van der Waals surface area contributed by atoms with E-state index in [2.05, 4.69) is 6.92 Å². The second-order valence-electron chi connectivity index (χ2n) is 5.92. The SMILES string of the molecule is CCCC1(CO)CCN(C(=O)Cc2ccc(S(N)(=O)=O)s2)C1. The molecule has 1 fully saturated rings. The van der Waals surface area contributed by atoms with Crippen molar-refractivity contribution in [1.29, 1.82) is 0 Å². The number of amides is 1. The number of primary sulfonamides is 1. The molecule has 8 heteroatoms. The van der Waals surface area contributed by atoms with Crippen LogP contribution in [-0.4, -0.2) is 44.0 Å². The molecule has 1 amide bonds. The van der Waals surface area contributed by atoms with Crippen LogP contribution in [0.15, 0.2) is 16.3 Å². The van der Waals surface area contributed by atoms with Crippen molar-refractivity contribution in [2.45, 2.75) is 36.8 Å². The summed E-state index contributed by atoms with van der Waals surface area (Å²) in [6.07, 6.45) is 2.87. The number of carbonyl (C=O) groups is 1. The van der Waals surface area contributed by atoms with Crippen LogP contribution >= 0.6 is 11.3 Å². The summed E-state index contributed by atoms with van der Waals surface area (Å²) in [4.78, 5) is 14.8. The van der Waals surface area contributed by atoms with Gasteiger partial charge in [0.05, 0.1) is 13.0 Å².